The summed E-state index contributed by atoms with van der Waals surface area (Å²) in [6, 6.07) is 10.3. The Kier molecular flexibility index (Phi) is 21.5. The fraction of sp³-hybridized carbons (Fsp3) is 0.395. The average Bonchev–Trinajstić information content (AvgIpc) is 4.21. The van der Waals surface area contributed by atoms with Gasteiger partial charge in [-0.2, -0.15) is 0 Å². The van der Waals surface area contributed by atoms with Crippen molar-refractivity contribution in [1.29, 1.82) is 0 Å². The molecule has 0 aliphatic heterocycles. The van der Waals surface area contributed by atoms with Gasteiger partial charge in [0.25, 0.3) is 0 Å². The minimum absolute atomic E-state index is 0.0166. The van der Waals surface area contributed by atoms with Crippen molar-refractivity contribution in [3.05, 3.63) is 101 Å². The van der Waals surface area contributed by atoms with E-state index in [9.17, 15) is 24.0 Å². The highest BCUT2D eigenvalue weighted by Gasteiger charge is 2.36. The molecule has 7 rings (SSSR count). The van der Waals surface area contributed by atoms with E-state index in [2.05, 4.69) is 61.6 Å². The zero-order valence-corrected chi connectivity index (χ0v) is 41.0. The Balaban J connectivity index is 0.000000286. The number of Topliss-reactive ketones (excluding diaryl/α,β-unsaturated/α-hetero) is 2. The summed E-state index contributed by atoms with van der Waals surface area (Å²) >= 11 is 28.0. The Hall–Kier alpha value is -3.21. The Morgan fingerprint density at radius 2 is 1.30 bits per heavy atom. The molecule has 3 aromatic heterocycles. The normalized spacial score (nSPS) is 12.6. The molecule has 3 N–H and O–H groups in total. The summed E-state index contributed by atoms with van der Waals surface area (Å²) in [5.74, 6) is 5.75. The number of thioether (sulfide) groups is 3. The van der Waals surface area contributed by atoms with E-state index in [0.29, 0.717) is 53.9 Å². The van der Waals surface area contributed by atoms with Crippen molar-refractivity contribution in [3.63, 3.8) is 0 Å². The quantitative estimate of drug-likeness (QED) is 0.0273. The smallest absolute Gasteiger partial charge is 0.346 e. The second-order valence-corrected chi connectivity index (χ2v) is 16.8. The molecule has 0 unspecified atom stereocenters. The fourth-order valence-electron chi connectivity index (χ4n) is 5.81. The topological polar surface area (TPSA) is 203 Å². The zero-order valence-electron chi connectivity index (χ0n) is 33.8. The van der Waals surface area contributed by atoms with Gasteiger partial charge in [0.15, 0.2) is 26.9 Å². The minimum atomic E-state index is -0.276. The first-order valence-corrected chi connectivity index (χ1v) is 24.8. The molecule has 2 fully saturated rings. The molecule has 0 saturated heterocycles. The van der Waals surface area contributed by atoms with Gasteiger partial charge in [-0.05, 0) is 98.0 Å². The third-order valence-corrected chi connectivity index (χ3v) is 12.1. The molecule has 2 aliphatic rings. The van der Waals surface area contributed by atoms with E-state index < -0.39 is 0 Å². The van der Waals surface area contributed by atoms with Crippen LogP contribution in [0.5, 0.6) is 0 Å². The predicted molar refractivity (Wildman–Crippen MR) is 251 cm³/mol. The van der Waals surface area contributed by atoms with Gasteiger partial charge in [0.1, 0.15) is 5.78 Å². The highest BCUT2D eigenvalue weighted by Crippen LogP contribution is 2.44. The van der Waals surface area contributed by atoms with Crippen molar-refractivity contribution >= 4 is 121 Å². The molecule has 15 nitrogen and oxygen atoms in total. The number of carbonyl (C=O) groups excluding carboxylic acids is 3. The second-order valence-electron chi connectivity index (χ2n) is 13.0. The van der Waals surface area contributed by atoms with Crippen LogP contribution >= 0.6 is 98.9 Å². The van der Waals surface area contributed by atoms with E-state index in [1.165, 1.54) is 53.8 Å². The molecule has 328 valence electrons. The summed E-state index contributed by atoms with van der Waals surface area (Å²) in [5, 5.41) is 21.5. The third kappa shape index (κ3) is 13.2. The van der Waals surface area contributed by atoms with Crippen molar-refractivity contribution in [1.82, 2.24) is 33.9 Å². The van der Waals surface area contributed by atoms with E-state index in [1.807, 2.05) is 28.9 Å². The number of nitrogens with two attached hydrogens (primary N) is 1. The van der Waals surface area contributed by atoms with E-state index >= 15 is 0 Å². The molecule has 0 radical (unpaired) electrons. The lowest BCUT2D eigenvalue weighted by molar-refractivity contribution is -0.119. The molecule has 61 heavy (non-hydrogen) atoms. The average molecular weight is 1030 g/mol. The molecular weight excluding hydrogens is 992 g/mol. The van der Waals surface area contributed by atoms with Gasteiger partial charge in [-0.15, -0.1) is 22.0 Å². The molecular formula is C38H43BrCl2N8O7S5. The number of benzene rings is 2. The summed E-state index contributed by atoms with van der Waals surface area (Å²) in [6.45, 7) is 0.353. The van der Waals surface area contributed by atoms with E-state index in [0.717, 1.165) is 25.7 Å². The lowest BCUT2D eigenvalue weighted by Gasteiger charge is -2.09. The van der Waals surface area contributed by atoms with Gasteiger partial charge in [0.05, 0.1) is 35.1 Å². The van der Waals surface area contributed by atoms with E-state index in [-0.39, 0.29) is 65.1 Å². The molecule has 0 amide bonds. The number of halogens is 3. The molecule has 23 heteroatoms. The monoisotopic (exact) mass is 1030 g/mol. The lowest BCUT2D eigenvalue weighted by Crippen LogP contribution is -2.24. The molecule has 0 spiro atoms. The first-order chi connectivity index (χ1) is 29.3. The summed E-state index contributed by atoms with van der Waals surface area (Å²) in [5.41, 5.74) is 1.99. The van der Waals surface area contributed by atoms with Gasteiger partial charge in [0.2, 0.25) is 5.78 Å². The summed E-state index contributed by atoms with van der Waals surface area (Å²) in [7, 11) is 3.33. The van der Waals surface area contributed by atoms with Crippen LogP contribution in [-0.4, -0.2) is 85.3 Å². The summed E-state index contributed by atoms with van der Waals surface area (Å²) in [4.78, 5) is 62.2. The maximum atomic E-state index is 13.3. The predicted octanol–water partition coefficient (Wildman–Crippen LogP) is 7.74. The molecule has 2 aromatic carbocycles. The Bertz CT molecular complexity index is 2490. The van der Waals surface area contributed by atoms with Crippen LogP contribution in [0.25, 0.3) is 0 Å². The van der Waals surface area contributed by atoms with Crippen molar-refractivity contribution in [3.8, 4) is 0 Å². The molecule has 0 atom stereocenters. The maximum absolute atomic E-state index is 13.3. The second kappa shape index (κ2) is 25.2. The van der Waals surface area contributed by atoms with Crippen LogP contribution in [-0.2, 0) is 32.0 Å². The molecule has 3 heterocycles. The number of aromatic nitrogens is 7. The van der Waals surface area contributed by atoms with Gasteiger partial charge >= 0.3 is 11.4 Å². The van der Waals surface area contributed by atoms with Gasteiger partial charge in [-0.3, -0.25) is 23.5 Å². The number of ketones is 3. The molecule has 0 bridgehead atoms. The largest absolute Gasteiger partial charge is 0.359 e. The van der Waals surface area contributed by atoms with Crippen LogP contribution in [0, 0.1) is 5.92 Å². The van der Waals surface area contributed by atoms with Crippen molar-refractivity contribution in [2.45, 2.75) is 66.5 Å². The van der Waals surface area contributed by atoms with Gasteiger partial charge in [-0.1, -0.05) is 92.1 Å². The first kappa shape index (κ1) is 52.1. The van der Waals surface area contributed by atoms with Gasteiger partial charge in [0, 0.05) is 41.4 Å². The standard InChI is InChI=1S/C19H19ClN4O3S2.C17H18ClN3O3S.CH3Br.CS2.H3NO/c1-23-18(29-3)21-24(19(23)26)9-11-5-4-6-12(14(11)20)15(25)13-16(10-7-8-10)27-22-17(13)28-2;1-20-16(25-2)19-21(17(20)24)9-11-4-3-5-12(15(11)18)14(23)8-13(22)10-6-7-10;1-2;2-1-3;1-2/h4-6,10H,7-9H2,1-3H3;3-5,10H,6-9H2,1-2H3;1H3;;2H,1H2. The maximum Gasteiger partial charge on any atom is 0.346 e. The summed E-state index contributed by atoms with van der Waals surface area (Å²) < 4.78 is 13.0. The SMILES string of the molecule is CBr.CSc1nn(Cc2cccc(C(=O)CC(=O)C3CC3)c2Cl)c(=O)n1C.CSc1noc(C2CC2)c1C(=O)c1cccc(Cn2nc(SC)n(C)c2=O)c1Cl.NO.S=C=S. The van der Waals surface area contributed by atoms with Crippen LogP contribution < -0.4 is 17.3 Å². The summed E-state index contributed by atoms with van der Waals surface area (Å²) in [6.07, 6.45) is 9.19. The minimum Gasteiger partial charge on any atom is -0.359 e. The fourth-order valence-corrected chi connectivity index (χ4v) is 7.95. The number of nitrogens with zero attached hydrogens (tertiary/aromatic N) is 7. The van der Waals surface area contributed by atoms with Gasteiger partial charge in [-0.25, -0.2) is 24.8 Å². The van der Waals surface area contributed by atoms with Gasteiger partial charge < -0.3 is 9.73 Å². The zero-order chi connectivity index (χ0) is 45.6. The Morgan fingerprint density at radius 1 is 0.836 bits per heavy atom. The Morgan fingerprint density at radius 3 is 1.70 bits per heavy atom. The van der Waals surface area contributed by atoms with E-state index in [4.69, 9.17) is 32.9 Å². The number of rotatable bonds is 14. The van der Waals surface area contributed by atoms with Crippen LogP contribution in [0.2, 0.25) is 10.0 Å². The van der Waals surface area contributed by atoms with Crippen molar-refractivity contribution < 1.29 is 24.1 Å². The lowest BCUT2D eigenvalue weighted by atomic mass is 10.0. The number of carbonyl (C=O) groups is 3. The van der Waals surface area contributed by atoms with Crippen LogP contribution in [0.15, 0.2) is 65.8 Å². The van der Waals surface area contributed by atoms with Crippen LogP contribution in [0.3, 0.4) is 0 Å². The highest BCUT2D eigenvalue weighted by molar-refractivity contribution is 9.08. The number of hydrogen-bond donors (Lipinski definition) is 2. The third-order valence-electron chi connectivity index (χ3n) is 9.13. The number of thiocarbonyl (C=S) groups is 2. The van der Waals surface area contributed by atoms with Crippen molar-refractivity contribution in [2.75, 3.05) is 24.6 Å². The Labute approximate surface area is 393 Å². The van der Waals surface area contributed by atoms with Crippen LogP contribution in [0.1, 0.15) is 81.2 Å². The molecule has 5 aromatic rings. The number of hydrogen-bond acceptors (Lipinski definition) is 16. The van der Waals surface area contributed by atoms with Crippen LogP contribution in [0.4, 0.5) is 0 Å². The van der Waals surface area contributed by atoms with Crippen molar-refractivity contribution in [2.24, 2.45) is 25.9 Å². The highest BCUT2D eigenvalue weighted by atomic mass is 79.9. The van der Waals surface area contributed by atoms with E-state index in [1.54, 1.807) is 50.5 Å². The first-order valence-electron chi connectivity index (χ1n) is 18.0. The molecule has 2 aliphatic carbocycles. The number of alkyl halides is 1. The molecule has 2 saturated carbocycles.